The summed E-state index contributed by atoms with van der Waals surface area (Å²) in [6, 6.07) is 13.4. The highest BCUT2D eigenvalue weighted by molar-refractivity contribution is 6.05. The van der Waals surface area contributed by atoms with Gasteiger partial charge >= 0.3 is 0 Å². The van der Waals surface area contributed by atoms with Crippen LogP contribution in [0, 0.1) is 5.82 Å². The number of likely N-dealkylation sites (tertiary alicyclic amines) is 1. The number of fused-ring (bicyclic) bond motifs is 1. The summed E-state index contributed by atoms with van der Waals surface area (Å²) in [5.74, 6) is -0.620. The molecule has 144 valence electrons. The van der Waals surface area contributed by atoms with Gasteiger partial charge in [-0.1, -0.05) is 30.3 Å². The standard InChI is InChI=1S/C21H21FN4O2/c22-16-9-7-15(8-10-16)13-23-19(27)14-26-18-6-2-1-5-17(18)20(24-26)21(28)25-11-3-4-12-25/h1-2,5-10H,3-4,11-14H2,(H,23,27). The lowest BCUT2D eigenvalue weighted by Crippen LogP contribution is -2.29. The molecule has 1 saturated heterocycles. The first-order chi connectivity index (χ1) is 13.6. The van der Waals surface area contributed by atoms with E-state index in [2.05, 4.69) is 10.4 Å². The zero-order valence-electron chi connectivity index (χ0n) is 15.4. The SMILES string of the molecule is O=C(Cn1nc(C(=O)N2CCCC2)c2ccccc21)NCc1ccc(F)cc1. The Hall–Kier alpha value is -3.22. The lowest BCUT2D eigenvalue weighted by atomic mass is 10.2. The minimum absolute atomic E-state index is 0.00892. The van der Waals surface area contributed by atoms with E-state index in [-0.39, 0.29) is 24.2 Å². The summed E-state index contributed by atoms with van der Waals surface area (Å²) in [4.78, 5) is 27.0. The Morgan fingerprint density at radius 3 is 2.50 bits per heavy atom. The van der Waals surface area contributed by atoms with Crippen molar-refractivity contribution in [1.29, 1.82) is 0 Å². The Balaban J connectivity index is 1.51. The third-order valence-corrected chi connectivity index (χ3v) is 4.95. The first kappa shape index (κ1) is 18.2. The monoisotopic (exact) mass is 380 g/mol. The Morgan fingerprint density at radius 1 is 1.04 bits per heavy atom. The van der Waals surface area contributed by atoms with Gasteiger partial charge in [-0.15, -0.1) is 0 Å². The molecule has 0 saturated carbocycles. The number of carbonyl (C=O) groups is 2. The van der Waals surface area contributed by atoms with E-state index in [1.807, 2.05) is 29.2 Å². The first-order valence-corrected chi connectivity index (χ1v) is 9.38. The number of halogens is 1. The average Bonchev–Trinajstić information content (AvgIpc) is 3.36. The van der Waals surface area contributed by atoms with Crippen LogP contribution in [-0.2, 0) is 17.9 Å². The molecule has 28 heavy (non-hydrogen) atoms. The number of para-hydroxylation sites is 1. The molecule has 7 heteroatoms. The van der Waals surface area contributed by atoms with Crippen LogP contribution in [0.2, 0.25) is 0 Å². The van der Waals surface area contributed by atoms with Crippen LogP contribution in [0.15, 0.2) is 48.5 Å². The predicted molar refractivity (Wildman–Crippen MR) is 103 cm³/mol. The summed E-state index contributed by atoms with van der Waals surface area (Å²) in [5, 5.41) is 8.02. The van der Waals surface area contributed by atoms with Crippen LogP contribution in [0.4, 0.5) is 4.39 Å². The molecular formula is C21H21FN4O2. The van der Waals surface area contributed by atoms with Gasteiger partial charge in [0.15, 0.2) is 5.69 Å². The molecule has 0 atom stereocenters. The van der Waals surface area contributed by atoms with E-state index in [0.717, 1.165) is 42.4 Å². The number of amides is 2. The van der Waals surface area contributed by atoms with E-state index in [1.165, 1.54) is 12.1 Å². The van der Waals surface area contributed by atoms with Crippen molar-refractivity contribution < 1.29 is 14.0 Å². The predicted octanol–water partition coefficient (Wildman–Crippen LogP) is 2.73. The van der Waals surface area contributed by atoms with E-state index < -0.39 is 0 Å². The highest BCUT2D eigenvalue weighted by Gasteiger charge is 2.25. The number of nitrogens with zero attached hydrogens (tertiary/aromatic N) is 3. The number of carbonyl (C=O) groups excluding carboxylic acids is 2. The van der Waals surface area contributed by atoms with Crippen molar-refractivity contribution >= 4 is 22.7 Å². The van der Waals surface area contributed by atoms with Gasteiger partial charge in [-0.05, 0) is 36.6 Å². The molecule has 0 radical (unpaired) electrons. The van der Waals surface area contributed by atoms with Crippen molar-refractivity contribution in [3.63, 3.8) is 0 Å². The summed E-state index contributed by atoms with van der Waals surface area (Å²) in [6.07, 6.45) is 2.02. The molecule has 1 N–H and O–H groups in total. The number of aromatic nitrogens is 2. The van der Waals surface area contributed by atoms with Gasteiger partial charge in [-0.3, -0.25) is 14.3 Å². The van der Waals surface area contributed by atoms with Gasteiger partial charge in [0.05, 0.1) is 5.52 Å². The Kier molecular flexibility index (Phi) is 5.06. The van der Waals surface area contributed by atoms with E-state index in [1.54, 1.807) is 16.8 Å². The Morgan fingerprint density at radius 2 is 1.75 bits per heavy atom. The van der Waals surface area contributed by atoms with E-state index in [0.29, 0.717) is 12.2 Å². The molecule has 1 fully saturated rings. The fourth-order valence-corrected chi connectivity index (χ4v) is 3.47. The zero-order valence-corrected chi connectivity index (χ0v) is 15.4. The van der Waals surface area contributed by atoms with E-state index in [4.69, 9.17) is 0 Å². The number of benzene rings is 2. The topological polar surface area (TPSA) is 67.2 Å². The molecule has 6 nitrogen and oxygen atoms in total. The van der Waals surface area contributed by atoms with Crippen molar-refractivity contribution in [2.24, 2.45) is 0 Å². The third-order valence-electron chi connectivity index (χ3n) is 4.95. The fraction of sp³-hybridized carbons (Fsp3) is 0.286. The second kappa shape index (κ2) is 7.80. The molecule has 1 aliphatic rings. The van der Waals surface area contributed by atoms with Gasteiger partial charge < -0.3 is 10.2 Å². The van der Waals surface area contributed by atoms with Gasteiger partial charge in [0.2, 0.25) is 5.91 Å². The maximum Gasteiger partial charge on any atom is 0.275 e. The second-order valence-electron chi connectivity index (χ2n) is 6.93. The van der Waals surface area contributed by atoms with Crippen molar-refractivity contribution in [2.45, 2.75) is 25.9 Å². The Bertz CT molecular complexity index is 1010. The first-order valence-electron chi connectivity index (χ1n) is 9.38. The molecule has 1 aromatic heterocycles. The largest absolute Gasteiger partial charge is 0.350 e. The minimum Gasteiger partial charge on any atom is -0.350 e. The van der Waals surface area contributed by atoms with Gasteiger partial charge in [-0.2, -0.15) is 5.10 Å². The quantitative estimate of drug-likeness (QED) is 0.740. The molecule has 0 spiro atoms. The van der Waals surface area contributed by atoms with Gasteiger partial charge in [0.25, 0.3) is 5.91 Å². The average molecular weight is 380 g/mol. The molecule has 1 aliphatic heterocycles. The second-order valence-corrected chi connectivity index (χ2v) is 6.93. The smallest absolute Gasteiger partial charge is 0.275 e. The maximum absolute atomic E-state index is 13.0. The lowest BCUT2D eigenvalue weighted by molar-refractivity contribution is -0.121. The molecule has 2 aromatic carbocycles. The summed E-state index contributed by atoms with van der Waals surface area (Å²) >= 11 is 0. The van der Waals surface area contributed by atoms with Crippen molar-refractivity contribution in [3.05, 3.63) is 65.6 Å². The van der Waals surface area contributed by atoms with Crippen LogP contribution >= 0.6 is 0 Å². The zero-order chi connectivity index (χ0) is 19.5. The molecule has 2 heterocycles. The maximum atomic E-state index is 13.0. The van der Waals surface area contributed by atoms with Gasteiger partial charge in [0.1, 0.15) is 12.4 Å². The van der Waals surface area contributed by atoms with Gasteiger partial charge in [0, 0.05) is 25.0 Å². The van der Waals surface area contributed by atoms with Crippen LogP contribution < -0.4 is 5.32 Å². The molecule has 4 rings (SSSR count). The molecule has 0 unspecified atom stereocenters. The minimum atomic E-state index is -0.312. The molecule has 2 amide bonds. The van der Waals surface area contributed by atoms with Gasteiger partial charge in [-0.25, -0.2) is 4.39 Å². The van der Waals surface area contributed by atoms with Crippen LogP contribution in [0.1, 0.15) is 28.9 Å². The summed E-state index contributed by atoms with van der Waals surface area (Å²) in [6.45, 7) is 1.81. The van der Waals surface area contributed by atoms with Crippen molar-refractivity contribution in [1.82, 2.24) is 20.0 Å². The summed E-state index contributed by atoms with van der Waals surface area (Å²) < 4.78 is 14.5. The number of hydrogen-bond acceptors (Lipinski definition) is 3. The summed E-state index contributed by atoms with van der Waals surface area (Å²) in [5.41, 5.74) is 1.95. The number of rotatable bonds is 5. The van der Waals surface area contributed by atoms with Crippen LogP contribution in [0.25, 0.3) is 10.9 Å². The molecule has 0 bridgehead atoms. The van der Waals surface area contributed by atoms with Crippen molar-refractivity contribution in [3.8, 4) is 0 Å². The third kappa shape index (κ3) is 3.74. The van der Waals surface area contributed by atoms with E-state index >= 15 is 0 Å². The van der Waals surface area contributed by atoms with E-state index in [9.17, 15) is 14.0 Å². The van der Waals surface area contributed by atoms with Crippen molar-refractivity contribution in [2.75, 3.05) is 13.1 Å². The van der Waals surface area contributed by atoms with Crippen LogP contribution in [-0.4, -0.2) is 39.6 Å². The molecule has 0 aliphatic carbocycles. The van der Waals surface area contributed by atoms with Crippen LogP contribution in [0.3, 0.4) is 0 Å². The fourth-order valence-electron chi connectivity index (χ4n) is 3.47. The van der Waals surface area contributed by atoms with Crippen LogP contribution in [0.5, 0.6) is 0 Å². The highest BCUT2D eigenvalue weighted by atomic mass is 19.1. The Labute approximate surface area is 161 Å². The number of hydrogen-bond donors (Lipinski definition) is 1. The highest BCUT2D eigenvalue weighted by Crippen LogP contribution is 2.21. The lowest BCUT2D eigenvalue weighted by Gasteiger charge is -2.13. The normalized spacial score (nSPS) is 13.8. The summed E-state index contributed by atoms with van der Waals surface area (Å²) in [7, 11) is 0. The molecule has 3 aromatic rings. The molecular weight excluding hydrogens is 359 g/mol. The number of nitrogens with one attached hydrogen (secondary N) is 1.